The van der Waals surface area contributed by atoms with Crippen LogP contribution in [0.25, 0.3) is 0 Å². The summed E-state index contributed by atoms with van der Waals surface area (Å²) in [6.07, 6.45) is 0.559. The van der Waals surface area contributed by atoms with Crippen LogP contribution in [-0.2, 0) is 4.74 Å². The van der Waals surface area contributed by atoms with Crippen molar-refractivity contribution in [3.8, 4) is 0 Å². The molecule has 0 aliphatic carbocycles. The molecule has 1 amide bonds. The van der Waals surface area contributed by atoms with Crippen LogP contribution in [0, 0.1) is 10.1 Å². The highest BCUT2D eigenvalue weighted by Crippen LogP contribution is 2.07. The number of nitro groups is 1. The number of amides is 1. The van der Waals surface area contributed by atoms with Crippen molar-refractivity contribution in [2.45, 2.75) is 6.92 Å². The van der Waals surface area contributed by atoms with Gasteiger partial charge in [-0.15, -0.1) is 0 Å². The maximum atomic E-state index is 10.8. The predicted octanol–water partition coefficient (Wildman–Crippen LogP) is 1.00. The molecular formula is C8H10N4O4. The van der Waals surface area contributed by atoms with E-state index in [1.54, 1.807) is 6.92 Å². The van der Waals surface area contributed by atoms with E-state index >= 15 is 0 Å². The average Bonchev–Trinajstić information content (AvgIpc) is 2.67. The summed E-state index contributed by atoms with van der Waals surface area (Å²) in [7, 11) is 0. The first-order valence-electron chi connectivity index (χ1n) is 4.42. The molecule has 8 heteroatoms. The summed E-state index contributed by atoms with van der Waals surface area (Å²) in [5, 5.41) is 13.9. The molecule has 0 atom stereocenters. The number of nitrogens with one attached hydrogen (secondary N) is 2. The van der Waals surface area contributed by atoms with Crippen LogP contribution in [0.15, 0.2) is 17.2 Å². The molecule has 86 valence electrons. The normalized spacial score (nSPS) is 10.3. The van der Waals surface area contributed by atoms with E-state index < -0.39 is 11.0 Å². The SMILES string of the molecule is CCOC(=O)N/N=C/c1ccc([N+](=O)[O-])[nH]1. The Balaban J connectivity index is 2.50. The second-order valence-electron chi connectivity index (χ2n) is 2.65. The van der Waals surface area contributed by atoms with Gasteiger partial charge in [0.15, 0.2) is 0 Å². The summed E-state index contributed by atoms with van der Waals surface area (Å²) >= 11 is 0. The quantitative estimate of drug-likeness (QED) is 0.453. The lowest BCUT2D eigenvalue weighted by atomic mass is 10.5. The smallest absolute Gasteiger partial charge is 0.427 e. The van der Waals surface area contributed by atoms with E-state index in [0.29, 0.717) is 5.69 Å². The van der Waals surface area contributed by atoms with Gasteiger partial charge in [-0.2, -0.15) is 5.10 Å². The van der Waals surface area contributed by atoms with Gasteiger partial charge in [-0.3, -0.25) is 0 Å². The number of H-pyrrole nitrogens is 1. The summed E-state index contributed by atoms with van der Waals surface area (Å²) in [4.78, 5) is 23.0. The minimum atomic E-state index is -0.681. The van der Waals surface area contributed by atoms with Gasteiger partial charge in [0.2, 0.25) is 0 Å². The molecule has 0 fully saturated rings. The fraction of sp³-hybridized carbons (Fsp3) is 0.250. The zero-order valence-electron chi connectivity index (χ0n) is 8.47. The van der Waals surface area contributed by atoms with Crippen molar-refractivity contribution in [3.63, 3.8) is 0 Å². The van der Waals surface area contributed by atoms with Crippen molar-refractivity contribution in [3.05, 3.63) is 27.9 Å². The minimum absolute atomic E-state index is 0.141. The zero-order valence-corrected chi connectivity index (χ0v) is 8.47. The fourth-order valence-corrected chi connectivity index (χ4v) is 0.900. The third-order valence-electron chi connectivity index (χ3n) is 1.52. The highest BCUT2D eigenvalue weighted by Gasteiger charge is 2.05. The Hall–Kier alpha value is -2.38. The molecule has 0 bridgehead atoms. The monoisotopic (exact) mass is 226 g/mol. The first-order chi connectivity index (χ1) is 7.63. The summed E-state index contributed by atoms with van der Waals surface area (Å²) in [6.45, 7) is 1.91. The Labute approximate surface area is 90.4 Å². The molecule has 0 saturated heterocycles. The lowest BCUT2D eigenvalue weighted by Gasteiger charge is -1.97. The molecule has 0 aliphatic heterocycles. The van der Waals surface area contributed by atoms with Gasteiger partial charge in [-0.1, -0.05) is 0 Å². The number of rotatable bonds is 4. The lowest BCUT2D eigenvalue weighted by molar-refractivity contribution is -0.389. The van der Waals surface area contributed by atoms with Crippen LogP contribution < -0.4 is 5.43 Å². The molecule has 1 aromatic rings. The Morgan fingerprint density at radius 3 is 3.06 bits per heavy atom. The molecule has 0 unspecified atom stereocenters. The van der Waals surface area contributed by atoms with Gasteiger partial charge in [0, 0.05) is 6.07 Å². The number of carbonyl (C=O) groups excluding carboxylic acids is 1. The van der Waals surface area contributed by atoms with E-state index in [1.165, 1.54) is 18.3 Å². The van der Waals surface area contributed by atoms with Crippen molar-refractivity contribution in [2.24, 2.45) is 5.10 Å². The third kappa shape index (κ3) is 3.40. The number of ether oxygens (including phenoxy) is 1. The second kappa shape index (κ2) is 5.49. The van der Waals surface area contributed by atoms with Crippen LogP contribution >= 0.6 is 0 Å². The number of nitrogens with zero attached hydrogens (tertiary/aromatic N) is 2. The molecule has 16 heavy (non-hydrogen) atoms. The Kier molecular flexibility index (Phi) is 4.01. The van der Waals surface area contributed by atoms with E-state index in [2.05, 4.69) is 20.2 Å². The van der Waals surface area contributed by atoms with E-state index in [-0.39, 0.29) is 12.4 Å². The summed E-state index contributed by atoms with van der Waals surface area (Å²) in [5.74, 6) is -0.141. The standard InChI is InChI=1S/C8H10N4O4/c1-2-16-8(13)11-9-5-6-3-4-7(10-6)12(14)15/h3-5,10H,2H2,1H3,(H,11,13)/b9-5+. The van der Waals surface area contributed by atoms with Gasteiger partial charge in [0.1, 0.15) is 5.69 Å². The second-order valence-corrected chi connectivity index (χ2v) is 2.65. The number of hydrogen-bond donors (Lipinski definition) is 2. The Bertz CT molecular complexity index is 412. The fourth-order valence-electron chi connectivity index (χ4n) is 0.900. The van der Waals surface area contributed by atoms with Crippen LogP contribution in [0.4, 0.5) is 10.6 Å². The molecular weight excluding hydrogens is 216 g/mol. The van der Waals surface area contributed by atoms with Crippen LogP contribution in [0.1, 0.15) is 12.6 Å². The topological polar surface area (TPSA) is 110 Å². The van der Waals surface area contributed by atoms with Gasteiger partial charge < -0.3 is 14.9 Å². The minimum Gasteiger partial charge on any atom is -0.449 e. The molecule has 2 N–H and O–H groups in total. The molecule has 0 aromatic carbocycles. The molecule has 0 saturated carbocycles. The molecule has 8 nitrogen and oxygen atoms in total. The summed E-state index contributed by atoms with van der Waals surface area (Å²) in [5.41, 5.74) is 2.49. The van der Waals surface area contributed by atoms with Crippen molar-refractivity contribution in [1.29, 1.82) is 0 Å². The van der Waals surface area contributed by atoms with Gasteiger partial charge >= 0.3 is 11.9 Å². The molecule has 0 radical (unpaired) electrons. The number of hydrazone groups is 1. The maximum absolute atomic E-state index is 10.8. The highest BCUT2D eigenvalue weighted by molar-refractivity contribution is 5.79. The van der Waals surface area contributed by atoms with E-state index in [0.717, 1.165) is 0 Å². The predicted molar refractivity (Wildman–Crippen MR) is 55.2 cm³/mol. The lowest BCUT2D eigenvalue weighted by Crippen LogP contribution is -2.18. The Morgan fingerprint density at radius 1 is 1.75 bits per heavy atom. The zero-order chi connectivity index (χ0) is 12.0. The van der Waals surface area contributed by atoms with Crippen molar-refractivity contribution >= 4 is 18.1 Å². The van der Waals surface area contributed by atoms with Gasteiger partial charge in [-0.25, -0.2) is 15.2 Å². The third-order valence-corrected chi connectivity index (χ3v) is 1.52. The summed E-state index contributed by atoms with van der Waals surface area (Å²) in [6, 6.07) is 2.76. The van der Waals surface area contributed by atoms with Crippen molar-refractivity contribution < 1.29 is 14.5 Å². The van der Waals surface area contributed by atoms with Gasteiger partial charge in [0.25, 0.3) is 0 Å². The number of hydrogen-bond acceptors (Lipinski definition) is 5. The number of aromatic nitrogens is 1. The van der Waals surface area contributed by atoms with E-state index in [1.807, 2.05) is 0 Å². The largest absolute Gasteiger partial charge is 0.449 e. The van der Waals surface area contributed by atoms with Gasteiger partial charge in [0.05, 0.1) is 12.8 Å². The number of carbonyl (C=O) groups is 1. The first kappa shape index (κ1) is 11.7. The van der Waals surface area contributed by atoms with Crippen LogP contribution in [0.3, 0.4) is 0 Å². The first-order valence-corrected chi connectivity index (χ1v) is 4.42. The van der Waals surface area contributed by atoms with Crippen molar-refractivity contribution in [1.82, 2.24) is 10.4 Å². The van der Waals surface area contributed by atoms with Crippen LogP contribution in [0.5, 0.6) is 0 Å². The molecule has 1 rings (SSSR count). The Morgan fingerprint density at radius 2 is 2.50 bits per heavy atom. The van der Waals surface area contributed by atoms with Gasteiger partial charge in [-0.05, 0) is 17.9 Å². The molecule has 1 aromatic heterocycles. The molecule has 1 heterocycles. The number of aromatic amines is 1. The summed E-state index contributed by atoms with van der Waals surface area (Å²) < 4.78 is 4.54. The highest BCUT2D eigenvalue weighted by atomic mass is 16.6. The van der Waals surface area contributed by atoms with E-state index in [9.17, 15) is 14.9 Å². The van der Waals surface area contributed by atoms with Crippen LogP contribution in [-0.4, -0.2) is 28.8 Å². The molecule has 0 spiro atoms. The van der Waals surface area contributed by atoms with Crippen molar-refractivity contribution in [2.75, 3.05) is 6.61 Å². The average molecular weight is 226 g/mol. The maximum Gasteiger partial charge on any atom is 0.427 e. The van der Waals surface area contributed by atoms with E-state index in [4.69, 9.17) is 0 Å². The van der Waals surface area contributed by atoms with Crippen LogP contribution in [0.2, 0.25) is 0 Å². The molecule has 0 aliphatic rings.